The highest BCUT2D eigenvalue weighted by molar-refractivity contribution is 7.18. The Labute approximate surface area is 129 Å². The Hall–Kier alpha value is -1.27. The summed E-state index contributed by atoms with van der Waals surface area (Å²) in [7, 11) is 3.41. The summed E-state index contributed by atoms with van der Waals surface area (Å²) in [5.41, 5.74) is 8.20. The highest BCUT2D eigenvalue weighted by Gasteiger charge is 2.36. The van der Waals surface area contributed by atoms with E-state index in [-0.39, 0.29) is 5.91 Å². The Bertz CT molecular complexity index is 539. The van der Waals surface area contributed by atoms with E-state index in [9.17, 15) is 4.79 Å². The molecule has 2 heterocycles. The molecule has 0 aromatic carbocycles. The van der Waals surface area contributed by atoms with Crippen molar-refractivity contribution in [3.05, 3.63) is 10.4 Å². The van der Waals surface area contributed by atoms with Gasteiger partial charge < -0.3 is 20.7 Å². The largest absolute Gasteiger partial charge is 0.397 e. The van der Waals surface area contributed by atoms with Crippen LogP contribution in [0.25, 0.3) is 0 Å². The molecule has 1 aliphatic carbocycles. The Morgan fingerprint density at radius 3 is 2.86 bits per heavy atom. The lowest BCUT2D eigenvalue weighted by Gasteiger charge is -2.18. The fraction of sp³-hybridized carbons (Fsp3) is 0.667. The van der Waals surface area contributed by atoms with E-state index in [0.29, 0.717) is 22.4 Å². The van der Waals surface area contributed by atoms with Gasteiger partial charge in [0.1, 0.15) is 4.88 Å². The highest BCUT2D eigenvalue weighted by Crippen LogP contribution is 2.52. The number of ether oxygens (including phenoxy) is 1. The summed E-state index contributed by atoms with van der Waals surface area (Å²) >= 11 is 1.55. The molecular weight excluding hydrogens is 286 g/mol. The molecule has 1 saturated carbocycles. The molecule has 0 spiro atoms. The minimum Gasteiger partial charge on any atom is -0.397 e. The molecule has 1 amide bonds. The van der Waals surface area contributed by atoms with Gasteiger partial charge in [-0.25, -0.2) is 0 Å². The van der Waals surface area contributed by atoms with Crippen LogP contribution >= 0.6 is 11.3 Å². The number of rotatable bonds is 5. The highest BCUT2D eigenvalue weighted by atomic mass is 32.1. The summed E-state index contributed by atoms with van der Waals surface area (Å²) in [6, 6.07) is 0. The number of hydrogen-bond donors (Lipinski definition) is 2. The van der Waals surface area contributed by atoms with Gasteiger partial charge in [0.05, 0.1) is 17.3 Å². The van der Waals surface area contributed by atoms with E-state index >= 15 is 0 Å². The topological polar surface area (TPSA) is 67.6 Å². The van der Waals surface area contributed by atoms with Gasteiger partial charge in [-0.2, -0.15) is 0 Å². The average molecular weight is 309 g/mol. The van der Waals surface area contributed by atoms with Crippen LogP contribution in [-0.4, -0.2) is 39.8 Å². The van der Waals surface area contributed by atoms with E-state index in [1.54, 1.807) is 25.5 Å². The maximum Gasteiger partial charge on any atom is 0.263 e. The molecule has 1 saturated heterocycles. The number of anilines is 2. The number of thiophene rings is 1. The number of nitrogen functional groups attached to an aromatic ring is 1. The zero-order chi connectivity index (χ0) is 15.0. The molecule has 1 atom stereocenters. The summed E-state index contributed by atoms with van der Waals surface area (Å²) in [6.07, 6.45) is 3.53. The first-order valence-corrected chi connectivity index (χ1v) is 8.35. The zero-order valence-electron chi connectivity index (χ0n) is 12.6. The molecule has 6 heteroatoms. The quantitative estimate of drug-likeness (QED) is 0.873. The standard InChI is InChI=1S/C15H23N3O2S/c1-17-14(19)13-12(16)11(10-3-4-10)15(21-13)18-6-5-9(7-18)8-20-2/h9-10H,3-8,16H2,1-2H3,(H,17,19). The van der Waals surface area contributed by atoms with Crippen LogP contribution < -0.4 is 16.0 Å². The molecule has 3 N–H and O–H groups in total. The van der Waals surface area contributed by atoms with Gasteiger partial charge in [0.2, 0.25) is 0 Å². The fourth-order valence-corrected chi connectivity index (χ4v) is 4.41. The predicted octanol–water partition coefficient (Wildman–Crippen LogP) is 2.04. The van der Waals surface area contributed by atoms with Crippen LogP contribution in [0.15, 0.2) is 0 Å². The maximum atomic E-state index is 12.0. The number of methoxy groups -OCH3 is 1. The van der Waals surface area contributed by atoms with E-state index in [0.717, 1.165) is 26.1 Å². The Morgan fingerprint density at radius 1 is 1.48 bits per heavy atom. The lowest BCUT2D eigenvalue weighted by molar-refractivity contribution is 0.0968. The molecule has 1 unspecified atom stereocenters. The Kier molecular flexibility index (Phi) is 4.08. The van der Waals surface area contributed by atoms with Crippen LogP contribution in [0.3, 0.4) is 0 Å². The van der Waals surface area contributed by atoms with Crippen molar-refractivity contribution in [2.45, 2.75) is 25.2 Å². The number of amides is 1. The molecule has 21 heavy (non-hydrogen) atoms. The van der Waals surface area contributed by atoms with E-state index in [1.165, 1.54) is 23.4 Å². The molecule has 0 bridgehead atoms. The molecular formula is C15H23N3O2S. The number of nitrogens with two attached hydrogens (primary N) is 1. The second kappa shape index (κ2) is 5.85. The van der Waals surface area contributed by atoms with Crippen molar-refractivity contribution in [1.29, 1.82) is 0 Å². The van der Waals surface area contributed by atoms with E-state index in [2.05, 4.69) is 10.2 Å². The first-order valence-electron chi connectivity index (χ1n) is 7.53. The van der Waals surface area contributed by atoms with Crippen molar-refractivity contribution in [3.8, 4) is 0 Å². The normalized spacial score (nSPS) is 21.8. The fourth-order valence-electron chi connectivity index (χ4n) is 3.12. The van der Waals surface area contributed by atoms with Crippen molar-refractivity contribution in [3.63, 3.8) is 0 Å². The van der Waals surface area contributed by atoms with Crippen LogP contribution in [-0.2, 0) is 4.74 Å². The van der Waals surface area contributed by atoms with Crippen molar-refractivity contribution in [2.24, 2.45) is 5.92 Å². The van der Waals surface area contributed by atoms with Crippen LogP contribution in [0.4, 0.5) is 10.7 Å². The number of carbonyl (C=O) groups excluding carboxylic acids is 1. The van der Waals surface area contributed by atoms with Crippen LogP contribution in [0.5, 0.6) is 0 Å². The summed E-state index contributed by atoms with van der Waals surface area (Å²) < 4.78 is 5.27. The molecule has 3 rings (SSSR count). The number of nitrogens with one attached hydrogen (secondary N) is 1. The number of nitrogens with zero attached hydrogens (tertiary/aromatic N) is 1. The molecule has 1 aliphatic heterocycles. The third-order valence-electron chi connectivity index (χ3n) is 4.36. The maximum absolute atomic E-state index is 12.0. The van der Waals surface area contributed by atoms with Crippen molar-refractivity contribution in [1.82, 2.24) is 5.32 Å². The van der Waals surface area contributed by atoms with Crippen molar-refractivity contribution in [2.75, 3.05) is 44.5 Å². The molecule has 2 fully saturated rings. The third kappa shape index (κ3) is 2.74. The lowest BCUT2D eigenvalue weighted by Crippen LogP contribution is -2.21. The SMILES string of the molecule is CNC(=O)c1sc(N2CCC(COC)C2)c(C2CC2)c1N. The average Bonchev–Trinajstić information content (AvgIpc) is 3.11. The first kappa shape index (κ1) is 14.7. The second-order valence-corrected chi connectivity index (χ2v) is 6.97. The van der Waals surface area contributed by atoms with Gasteiger partial charge in [-0.3, -0.25) is 4.79 Å². The molecule has 1 aromatic rings. The van der Waals surface area contributed by atoms with Crippen molar-refractivity contribution < 1.29 is 9.53 Å². The van der Waals surface area contributed by atoms with Crippen molar-refractivity contribution >= 4 is 27.9 Å². The smallest absolute Gasteiger partial charge is 0.263 e. The molecule has 2 aliphatic rings. The summed E-state index contributed by atoms with van der Waals surface area (Å²) in [5, 5.41) is 3.91. The van der Waals surface area contributed by atoms with Gasteiger partial charge in [0, 0.05) is 38.7 Å². The van der Waals surface area contributed by atoms with Gasteiger partial charge in [0.15, 0.2) is 0 Å². The minimum absolute atomic E-state index is 0.0710. The van der Waals surface area contributed by atoms with E-state index in [4.69, 9.17) is 10.5 Å². The summed E-state index contributed by atoms with van der Waals surface area (Å²) in [6.45, 7) is 2.83. The predicted molar refractivity (Wildman–Crippen MR) is 86.3 cm³/mol. The minimum atomic E-state index is -0.0710. The first-order chi connectivity index (χ1) is 10.2. The Balaban J connectivity index is 1.89. The van der Waals surface area contributed by atoms with E-state index < -0.39 is 0 Å². The van der Waals surface area contributed by atoms with Crippen LogP contribution in [0.2, 0.25) is 0 Å². The van der Waals surface area contributed by atoms with Gasteiger partial charge >= 0.3 is 0 Å². The molecule has 116 valence electrons. The van der Waals surface area contributed by atoms with Gasteiger partial charge in [-0.1, -0.05) is 0 Å². The molecule has 0 radical (unpaired) electrons. The summed E-state index contributed by atoms with van der Waals surface area (Å²) in [4.78, 5) is 15.1. The summed E-state index contributed by atoms with van der Waals surface area (Å²) in [5.74, 6) is 1.06. The lowest BCUT2D eigenvalue weighted by atomic mass is 10.1. The molecule has 1 aromatic heterocycles. The Morgan fingerprint density at radius 2 is 2.24 bits per heavy atom. The molecule has 5 nitrogen and oxygen atoms in total. The van der Waals surface area contributed by atoms with Gasteiger partial charge in [0.25, 0.3) is 5.91 Å². The number of hydrogen-bond acceptors (Lipinski definition) is 5. The number of carbonyl (C=O) groups is 1. The van der Waals surface area contributed by atoms with Gasteiger partial charge in [-0.05, 0) is 25.2 Å². The van der Waals surface area contributed by atoms with Gasteiger partial charge in [-0.15, -0.1) is 11.3 Å². The van der Waals surface area contributed by atoms with E-state index in [1.807, 2.05) is 0 Å². The zero-order valence-corrected chi connectivity index (χ0v) is 13.5. The second-order valence-electron chi connectivity index (χ2n) is 5.97. The monoisotopic (exact) mass is 309 g/mol. The third-order valence-corrected chi connectivity index (χ3v) is 5.64. The van der Waals surface area contributed by atoms with Crippen LogP contribution in [0.1, 0.15) is 40.4 Å². The van der Waals surface area contributed by atoms with Crippen LogP contribution in [0, 0.1) is 5.92 Å².